The van der Waals surface area contributed by atoms with E-state index >= 15 is 0 Å². The fourth-order valence-electron chi connectivity index (χ4n) is 6.80. The molecule has 7 atom stereocenters. The molecule has 2 unspecified atom stereocenters. The number of nitrogens with zero attached hydrogens (tertiary/aromatic N) is 4. The Labute approximate surface area is 422 Å². The van der Waals surface area contributed by atoms with E-state index in [1.54, 1.807) is 0 Å². The number of thioether (sulfide) groups is 1. The molecule has 0 aromatic carbocycles. The second-order valence-corrected chi connectivity index (χ2v) is 22.5. The smallest absolute Gasteiger partial charge is 0.274 e. The van der Waals surface area contributed by atoms with Crippen LogP contribution in [0.15, 0.2) is 49.1 Å². The number of Topliss-reactive ketones (excluding diaryl/α,β-unsaturated/α-hetero) is 1. The highest BCUT2D eigenvalue weighted by Gasteiger charge is 2.47. The molecule has 1 aliphatic rings. The second kappa shape index (κ2) is 31.4. The molecule has 3 rings (SSSR count). The molecule has 2 aromatic rings. The van der Waals surface area contributed by atoms with Gasteiger partial charge in [0.1, 0.15) is 42.0 Å². The molecule has 0 aliphatic carbocycles. The van der Waals surface area contributed by atoms with Crippen LogP contribution in [-0.4, -0.2) is 109 Å². The summed E-state index contributed by atoms with van der Waals surface area (Å²) in [5.41, 5.74) is 4.04. The van der Waals surface area contributed by atoms with Crippen LogP contribution in [0.25, 0.3) is 11.2 Å². The first kappa shape index (κ1) is 62.7. The zero-order valence-corrected chi connectivity index (χ0v) is 44.0. The minimum absolute atomic E-state index is 0.0273. The number of rotatable bonds is 36. The summed E-state index contributed by atoms with van der Waals surface area (Å²) in [4.78, 5) is 109. The Morgan fingerprint density at radius 1 is 0.889 bits per heavy atom. The maximum Gasteiger partial charge on any atom is 0.274 e. The molecule has 1 fully saturated rings. The van der Waals surface area contributed by atoms with Crippen molar-refractivity contribution >= 4 is 74.9 Å². The number of unbranched alkanes of at least 4 members (excludes halogenated alkanes) is 7. The van der Waals surface area contributed by atoms with Crippen molar-refractivity contribution in [1.82, 2.24) is 30.2 Å². The average Bonchev–Trinajstić information content (AvgIpc) is 3.86. The van der Waals surface area contributed by atoms with Crippen LogP contribution in [-0.2, 0) is 55.5 Å². The summed E-state index contributed by atoms with van der Waals surface area (Å²) in [5.74, 6) is -1.56. The van der Waals surface area contributed by atoms with Gasteiger partial charge in [-0.1, -0.05) is 94.7 Å². The number of hydrogen-bond donors (Lipinski definition) is 5. The van der Waals surface area contributed by atoms with E-state index < -0.39 is 84.6 Å². The fraction of sp³-hybridized carbons (Fsp3) is 0.651. The van der Waals surface area contributed by atoms with Crippen molar-refractivity contribution < 1.29 is 85.3 Å². The van der Waals surface area contributed by atoms with Gasteiger partial charge in [-0.2, -0.15) is 0 Å². The fourth-order valence-corrected chi connectivity index (χ4v) is 10.2. The second-order valence-electron chi connectivity index (χ2n) is 17.3. The summed E-state index contributed by atoms with van der Waals surface area (Å²) in [6, 6.07) is 0. The third-order valence-corrected chi connectivity index (χ3v) is 14.6. The number of imidazole rings is 1. The van der Waals surface area contributed by atoms with E-state index in [0.29, 0.717) is 12.8 Å². The van der Waals surface area contributed by atoms with Crippen LogP contribution in [0.1, 0.15) is 117 Å². The SMILES string of the molecule is CCCCC/C=C\C/C=C\C/C=C\CCCCCCC(=O)CC(=O)SCCNC(=O)CCNC(=O)[C@H](O)C(C)(C)COP(=O)([O-])OP(=O)([O-])OC[C@H]1O[C@@H](n2cnc3c(N)ncnc32)[C@H](O)[C@@H]1OP(=O)([O-])[O-]. The highest BCUT2D eigenvalue weighted by atomic mass is 32.2. The number of nitrogen functional groups attached to an aromatic ring is 1. The third-order valence-electron chi connectivity index (χ3n) is 10.7. The molecule has 0 radical (unpaired) electrons. The van der Waals surface area contributed by atoms with Crippen LogP contribution < -0.4 is 35.9 Å². The van der Waals surface area contributed by atoms with Gasteiger partial charge >= 0.3 is 0 Å². The van der Waals surface area contributed by atoms with Gasteiger partial charge in [-0.3, -0.25) is 32.9 Å². The molecule has 2 amide bonds. The number of carbonyl (C=O) groups excluding carboxylic acids is 4. The summed E-state index contributed by atoms with van der Waals surface area (Å²) >= 11 is 0.916. The minimum atomic E-state index is -5.94. The van der Waals surface area contributed by atoms with Gasteiger partial charge in [0.05, 0.1) is 33.8 Å². The standard InChI is InChI=1S/C43H70N7O18P3S/c1-4-5-6-7-8-9-10-11-12-13-14-15-16-17-18-19-20-21-31(51)26-34(53)72-25-24-45-33(52)22-23-46-41(56)38(55)43(2,3)28-65-71(62,63)68-70(60,61)64-27-32-37(67-69(57,58)59)36(54)42(66-32)50-30-49-35-39(44)47-29-48-40(35)50/h8-9,11-12,14-15,29-30,32,36-38,42,54-55H,4-7,10,13,16-28H2,1-3H3,(H,45,52)(H,46,56)(H,60,61)(H,62,63)(H2,44,47,48)(H2,57,58,59)/p-4/b9-8-,12-11-,15-14-/t32-,36-,37-,38+,42-/m1/s1. The normalized spacial score (nSPS) is 19.8. The number of phosphoric acid groups is 3. The molecule has 1 saturated heterocycles. The first-order chi connectivity index (χ1) is 33.9. The summed E-state index contributed by atoms with van der Waals surface area (Å²) < 4.78 is 60.8. The minimum Gasteiger partial charge on any atom is -0.790 e. The topological polar surface area (TPSA) is 392 Å². The molecule has 6 N–H and O–H groups in total. The number of fused-ring (bicyclic) bond motifs is 1. The summed E-state index contributed by atoms with van der Waals surface area (Å²) in [6.45, 7) is 2.12. The zero-order valence-electron chi connectivity index (χ0n) is 40.5. The first-order valence-corrected chi connectivity index (χ1v) is 28.8. The zero-order chi connectivity index (χ0) is 53.4. The molecule has 0 saturated carbocycles. The number of aromatic nitrogens is 4. The van der Waals surface area contributed by atoms with Crippen molar-refractivity contribution in [2.75, 3.05) is 37.8 Å². The number of allylic oxidation sites excluding steroid dienone is 6. The number of ether oxygens (including phenoxy) is 1. The monoisotopic (exact) mass is 1090 g/mol. The van der Waals surface area contributed by atoms with Crippen LogP contribution in [0.2, 0.25) is 0 Å². The van der Waals surface area contributed by atoms with E-state index in [-0.39, 0.29) is 59.6 Å². The Balaban J connectivity index is 1.28. The van der Waals surface area contributed by atoms with Gasteiger partial charge in [-0.15, -0.1) is 0 Å². The van der Waals surface area contributed by atoms with Crippen molar-refractivity contribution in [3.63, 3.8) is 0 Å². The van der Waals surface area contributed by atoms with Crippen molar-refractivity contribution in [2.24, 2.45) is 5.41 Å². The van der Waals surface area contributed by atoms with Crippen LogP contribution in [0.4, 0.5) is 5.82 Å². The highest BCUT2D eigenvalue weighted by Crippen LogP contribution is 2.56. The molecule has 72 heavy (non-hydrogen) atoms. The number of nitrogens with one attached hydrogen (secondary N) is 2. The van der Waals surface area contributed by atoms with E-state index in [2.05, 4.69) is 86.8 Å². The average molecular weight is 1090 g/mol. The predicted octanol–water partition coefficient (Wildman–Crippen LogP) is 2.47. The number of aliphatic hydroxyl groups is 2. The van der Waals surface area contributed by atoms with Crippen molar-refractivity contribution in [3.05, 3.63) is 49.1 Å². The lowest BCUT2D eigenvalue weighted by Crippen LogP contribution is -2.46. The Bertz CT molecular complexity index is 2300. The van der Waals surface area contributed by atoms with Crippen LogP contribution in [0.3, 0.4) is 0 Å². The van der Waals surface area contributed by atoms with E-state index in [1.165, 1.54) is 33.1 Å². The Morgan fingerprint density at radius 2 is 1.53 bits per heavy atom. The lowest BCUT2D eigenvalue weighted by atomic mass is 9.87. The van der Waals surface area contributed by atoms with E-state index in [1.807, 2.05) is 0 Å². The van der Waals surface area contributed by atoms with Crippen LogP contribution >= 0.6 is 35.2 Å². The largest absolute Gasteiger partial charge is 0.790 e. The number of phosphoric ester groups is 3. The van der Waals surface area contributed by atoms with Gasteiger partial charge in [0.25, 0.3) is 15.6 Å². The third kappa shape index (κ3) is 23.8. The summed E-state index contributed by atoms with van der Waals surface area (Å²) in [6.07, 6.45) is 16.9. The van der Waals surface area contributed by atoms with Gasteiger partial charge in [-0.25, -0.2) is 19.3 Å². The van der Waals surface area contributed by atoms with Crippen molar-refractivity contribution in [1.29, 1.82) is 0 Å². The van der Waals surface area contributed by atoms with E-state index in [0.717, 1.165) is 73.9 Å². The number of carbonyl (C=O) groups is 4. The molecule has 2 aromatic heterocycles. The number of amides is 2. The van der Waals surface area contributed by atoms with Gasteiger partial charge in [0.15, 0.2) is 22.8 Å². The quantitative estimate of drug-likeness (QED) is 0.0283. The van der Waals surface area contributed by atoms with Crippen LogP contribution in [0, 0.1) is 5.41 Å². The maximum absolute atomic E-state index is 12.7. The molecule has 25 nitrogen and oxygen atoms in total. The summed E-state index contributed by atoms with van der Waals surface area (Å²) in [5, 5.41) is 26.0. The Kier molecular flexibility index (Phi) is 27.3. The van der Waals surface area contributed by atoms with E-state index in [4.69, 9.17) is 10.5 Å². The molecule has 0 spiro atoms. The first-order valence-electron chi connectivity index (χ1n) is 23.4. The number of anilines is 1. The van der Waals surface area contributed by atoms with Crippen LogP contribution in [0.5, 0.6) is 0 Å². The summed E-state index contributed by atoms with van der Waals surface area (Å²) in [7, 11) is -17.7. The number of aliphatic hydroxyl groups excluding tert-OH is 2. The molecule has 29 heteroatoms. The Hall–Kier alpha value is -3.55. The van der Waals surface area contributed by atoms with Gasteiger partial charge in [-0.05, 0) is 44.9 Å². The molecular weight excluding hydrogens is 1030 g/mol. The molecule has 1 aliphatic heterocycles. The predicted molar refractivity (Wildman–Crippen MR) is 256 cm³/mol. The van der Waals surface area contributed by atoms with Gasteiger partial charge in [0.2, 0.25) is 11.8 Å². The number of hydrogen-bond acceptors (Lipinski definition) is 23. The number of ketones is 1. The number of nitrogens with two attached hydrogens (primary N) is 1. The van der Waals surface area contributed by atoms with Gasteiger partial charge < -0.3 is 69.0 Å². The Morgan fingerprint density at radius 3 is 2.19 bits per heavy atom. The van der Waals surface area contributed by atoms with Gasteiger partial charge in [0, 0.05) is 37.1 Å². The molecule has 0 bridgehead atoms. The van der Waals surface area contributed by atoms with Crippen molar-refractivity contribution in [2.45, 2.75) is 141 Å². The lowest BCUT2D eigenvalue weighted by molar-refractivity contribution is -0.347. The van der Waals surface area contributed by atoms with Crippen molar-refractivity contribution in [3.8, 4) is 0 Å². The maximum atomic E-state index is 12.7. The molecular formula is C43H66N7O18P3S-4. The molecule has 406 valence electrons. The highest BCUT2D eigenvalue weighted by molar-refractivity contribution is 8.13. The van der Waals surface area contributed by atoms with E-state index in [9.17, 15) is 62.7 Å². The molecule has 3 heterocycles. The lowest BCUT2D eigenvalue weighted by Gasteiger charge is -2.36.